The second-order valence-corrected chi connectivity index (χ2v) is 8.82. The molecule has 1 aromatic carbocycles. The van der Waals surface area contributed by atoms with Crippen LogP contribution in [0.25, 0.3) is 22.6 Å². The highest BCUT2D eigenvalue weighted by molar-refractivity contribution is 5.92. The topological polar surface area (TPSA) is 105 Å². The van der Waals surface area contributed by atoms with Crippen LogP contribution in [0.2, 0.25) is 0 Å². The fraction of sp³-hybridized carbons (Fsp3) is 0.476. The number of carbonyl (C=O) groups excluding carboxylic acids is 1. The molecular weight excluding hydrogens is 388 g/mol. The van der Waals surface area contributed by atoms with Crippen molar-refractivity contribution >= 4 is 23.2 Å². The molecule has 4 heterocycles. The van der Waals surface area contributed by atoms with Crippen molar-refractivity contribution in [1.29, 1.82) is 0 Å². The summed E-state index contributed by atoms with van der Waals surface area (Å²) in [6.07, 6.45) is 4.59. The minimum atomic E-state index is -0.526. The monoisotopic (exact) mass is 412 g/mol. The summed E-state index contributed by atoms with van der Waals surface area (Å²) in [5.74, 6) is 0.434. The van der Waals surface area contributed by atoms with Crippen LogP contribution in [0.15, 0.2) is 33.4 Å². The highest BCUT2D eigenvalue weighted by Crippen LogP contribution is 2.38. The van der Waals surface area contributed by atoms with Gasteiger partial charge in [0.05, 0.1) is 23.8 Å². The van der Waals surface area contributed by atoms with Crippen LogP contribution in [0, 0.1) is 0 Å². The van der Waals surface area contributed by atoms with Crippen molar-refractivity contribution in [2.75, 3.05) is 18.0 Å². The number of phenolic OH excluding ortho intramolecular Hbond substituents is 1. The summed E-state index contributed by atoms with van der Waals surface area (Å²) >= 11 is 0. The van der Waals surface area contributed by atoms with Crippen molar-refractivity contribution < 1.29 is 23.5 Å². The Morgan fingerprint density at radius 3 is 2.60 bits per heavy atom. The maximum atomic E-state index is 12.7. The van der Waals surface area contributed by atoms with Crippen LogP contribution in [0.3, 0.4) is 0 Å². The van der Waals surface area contributed by atoms with Crippen molar-refractivity contribution in [3.8, 4) is 17.2 Å². The van der Waals surface area contributed by atoms with Gasteiger partial charge in [-0.1, -0.05) is 0 Å². The molecular formula is C21H24N4O5. The summed E-state index contributed by atoms with van der Waals surface area (Å²) in [6.45, 7) is 6.81. The van der Waals surface area contributed by atoms with Gasteiger partial charge >= 0.3 is 6.09 Å². The standard InChI is InChI=1S/C21H24N4O5/c1-21(2,3)30-20(27)25-12-4-5-13(25)11-24(10-12)19-23-16-15(26)7-6-14(17(16)29-19)18-22-8-9-28-18/h6-9,12-13,26H,4-5,10-11H2,1-3H3. The zero-order valence-electron chi connectivity index (χ0n) is 17.2. The number of benzene rings is 1. The van der Waals surface area contributed by atoms with Crippen LogP contribution in [-0.4, -0.2) is 56.8 Å². The van der Waals surface area contributed by atoms with Crippen molar-refractivity contribution in [2.24, 2.45) is 0 Å². The Morgan fingerprint density at radius 2 is 1.97 bits per heavy atom. The quantitative estimate of drug-likeness (QED) is 0.678. The lowest BCUT2D eigenvalue weighted by Crippen LogP contribution is -2.56. The largest absolute Gasteiger partial charge is 0.506 e. The molecule has 1 amide bonds. The Bertz CT molecular complexity index is 1070. The summed E-state index contributed by atoms with van der Waals surface area (Å²) in [6, 6.07) is 3.74. The van der Waals surface area contributed by atoms with Crippen molar-refractivity contribution in [2.45, 2.75) is 51.3 Å². The van der Waals surface area contributed by atoms with Crippen molar-refractivity contribution in [3.05, 3.63) is 24.6 Å². The number of hydrogen-bond acceptors (Lipinski definition) is 8. The predicted molar refractivity (Wildman–Crippen MR) is 108 cm³/mol. The lowest BCUT2D eigenvalue weighted by atomic mass is 10.2. The van der Waals surface area contributed by atoms with Gasteiger partial charge in [-0.15, -0.1) is 0 Å². The minimum absolute atomic E-state index is 0.0330. The molecule has 2 aliphatic heterocycles. The number of ether oxygens (including phenoxy) is 1. The first-order valence-electron chi connectivity index (χ1n) is 10.1. The highest BCUT2D eigenvalue weighted by atomic mass is 16.6. The number of carbonyl (C=O) groups is 1. The molecule has 1 N–H and O–H groups in total. The molecule has 158 valence electrons. The van der Waals surface area contributed by atoms with E-state index < -0.39 is 5.60 Å². The van der Waals surface area contributed by atoms with E-state index in [4.69, 9.17) is 13.6 Å². The molecule has 5 rings (SSSR count). The zero-order valence-corrected chi connectivity index (χ0v) is 17.2. The van der Waals surface area contributed by atoms with Gasteiger partial charge in [0.2, 0.25) is 5.89 Å². The fourth-order valence-corrected chi connectivity index (χ4v) is 4.31. The van der Waals surface area contributed by atoms with Gasteiger partial charge in [0, 0.05) is 13.1 Å². The fourth-order valence-electron chi connectivity index (χ4n) is 4.31. The van der Waals surface area contributed by atoms with Gasteiger partial charge < -0.3 is 23.6 Å². The highest BCUT2D eigenvalue weighted by Gasteiger charge is 2.45. The molecule has 9 nitrogen and oxygen atoms in total. The summed E-state index contributed by atoms with van der Waals surface area (Å²) in [5, 5.41) is 10.3. The third-order valence-corrected chi connectivity index (χ3v) is 5.53. The molecule has 0 spiro atoms. The number of phenols is 1. The van der Waals surface area contributed by atoms with E-state index in [1.807, 2.05) is 30.6 Å². The molecule has 2 aliphatic rings. The third-order valence-electron chi connectivity index (χ3n) is 5.53. The number of oxazole rings is 2. The van der Waals surface area contributed by atoms with Gasteiger partial charge in [0.25, 0.3) is 6.01 Å². The second kappa shape index (κ2) is 6.65. The summed E-state index contributed by atoms with van der Waals surface area (Å²) in [4.78, 5) is 25.3. The smallest absolute Gasteiger partial charge is 0.410 e. The molecule has 0 radical (unpaired) electrons. The average molecular weight is 412 g/mol. The predicted octanol–water partition coefficient (Wildman–Crippen LogP) is 3.78. The number of rotatable bonds is 2. The summed E-state index contributed by atoms with van der Waals surface area (Å²) in [7, 11) is 0. The first-order chi connectivity index (χ1) is 14.3. The minimum Gasteiger partial charge on any atom is -0.506 e. The van der Waals surface area contributed by atoms with E-state index >= 15 is 0 Å². The van der Waals surface area contributed by atoms with Crippen LogP contribution in [-0.2, 0) is 4.74 Å². The normalized spacial score (nSPS) is 21.4. The molecule has 2 saturated heterocycles. The van der Waals surface area contributed by atoms with Gasteiger partial charge in [0.1, 0.15) is 17.6 Å². The first-order valence-corrected chi connectivity index (χ1v) is 10.1. The molecule has 2 atom stereocenters. The van der Waals surface area contributed by atoms with Gasteiger partial charge in [0.15, 0.2) is 11.1 Å². The van der Waals surface area contributed by atoms with E-state index in [1.165, 1.54) is 6.26 Å². The lowest BCUT2D eigenvalue weighted by Gasteiger charge is -2.40. The number of anilines is 1. The second-order valence-electron chi connectivity index (χ2n) is 8.82. The van der Waals surface area contributed by atoms with Gasteiger partial charge in [-0.25, -0.2) is 9.78 Å². The van der Waals surface area contributed by atoms with E-state index in [-0.39, 0.29) is 23.9 Å². The Kier molecular flexibility index (Phi) is 4.16. The van der Waals surface area contributed by atoms with Crippen LogP contribution in [0.4, 0.5) is 10.8 Å². The molecule has 2 unspecified atom stereocenters. The maximum absolute atomic E-state index is 12.7. The van der Waals surface area contributed by atoms with Gasteiger partial charge in [-0.2, -0.15) is 4.98 Å². The maximum Gasteiger partial charge on any atom is 0.410 e. The molecule has 0 aliphatic carbocycles. The van der Waals surface area contributed by atoms with E-state index in [0.29, 0.717) is 41.7 Å². The lowest BCUT2D eigenvalue weighted by molar-refractivity contribution is 0.0120. The van der Waals surface area contributed by atoms with E-state index in [1.54, 1.807) is 18.3 Å². The van der Waals surface area contributed by atoms with Gasteiger partial charge in [-0.05, 0) is 45.7 Å². The number of piperazine rings is 1. The molecule has 2 fully saturated rings. The van der Waals surface area contributed by atoms with E-state index in [9.17, 15) is 9.90 Å². The van der Waals surface area contributed by atoms with Crippen molar-refractivity contribution in [1.82, 2.24) is 14.9 Å². The van der Waals surface area contributed by atoms with E-state index in [2.05, 4.69) is 9.97 Å². The Balaban J connectivity index is 1.43. The number of aromatic nitrogens is 2. The third kappa shape index (κ3) is 3.14. The van der Waals surface area contributed by atoms with Crippen LogP contribution in [0.1, 0.15) is 33.6 Å². The Hall–Kier alpha value is -3.23. The molecule has 9 heteroatoms. The van der Waals surface area contributed by atoms with Crippen LogP contribution in [0.5, 0.6) is 5.75 Å². The molecule has 30 heavy (non-hydrogen) atoms. The SMILES string of the molecule is CC(C)(C)OC(=O)N1C2CCC1CN(c1nc3c(O)ccc(-c4ncco4)c3o1)C2. The number of aromatic hydroxyl groups is 1. The van der Waals surface area contributed by atoms with Crippen molar-refractivity contribution in [3.63, 3.8) is 0 Å². The van der Waals surface area contributed by atoms with E-state index in [0.717, 1.165) is 12.8 Å². The van der Waals surface area contributed by atoms with Crippen LogP contribution >= 0.6 is 0 Å². The number of amides is 1. The number of hydrogen-bond donors (Lipinski definition) is 1. The molecule has 2 bridgehead atoms. The molecule has 2 aromatic heterocycles. The summed E-state index contributed by atoms with van der Waals surface area (Å²) in [5.41, 5.74) is 0.890. The number of fused-ring (bicyclic) bond motifs is 3. The Labute approximate surface area is 173 Å². The van der Waals surface area contributed by atoms with Crippen LogP contribution < -0.4 is 4.90 Å². The Morgan fingerprint density at radius 1 is 1.23 bits per heavy atom. The molecule has 0 saturated carbocycles. The number of nitrogens with zero attached hydrogens (tertiary/aromatic N) is 4. The zero-order chi connectivity index (χ0) is 21.0. The first kappa shape index (κ1) is 18.8. The van der Waals surface area contributed by atoms with Gasteiger partial charge in [-0.3, -0.25) is 4.90 Å². The summed E-state index contributed by atoms with van der Waals surface area (Å²) < 4.78 is 17.1. The molecule has 3 aromatic rings. The average Bonchev–Trinajstić information content (AvgIpc) is 3.39.